The van der Waals surface area contributed by atoms with E-state index in [4.69, 9.17) is 4.74 Å². The average molecular weight is 397 g/mol. The summed E-state index contributed by atoms with van der Waals surface area (Å²) in [4.78, 5) is 11.9. The van der Waals surface area contributed by atoms with Crippen molar-refractivity contribution in [1.82, 2.24) is 5.32 Å². The maximum atomic E-state index is 12.1. The predicted molar refractivity (Wildman–Crippen MR) is 81.4 cm³/mol. The number of carbonyl (C=O) groups is 1. The van der Waals surface area contributed by atoms with E-state index in [1.807, 2.05) is 6.92 Å². The molecule has 2 N–H and O–H groups in total. The highest BCUT2D eigenvalue weighted by Gasteiger charge is 2.31. The van der Waals surface area contributed by atoms with E-state index in [0.29, 0.717) is 12.3 Å². The van der Waals surface area contributed by atoms with E-state index in [9.17, 15) is 18.0 Å². The van der Waals surface area contributed by atoms with Crippen LogP contribution >= 0.6 is 15.9 Å². The summed E-state index contributed by atoms with van der Waals surface area (Å²) >= 11 is 3.10. The zero-order valence-corrected chi connectivity index (χ0v) is 13.8. The van der Waals surface area contributed by atoms with E-state index in [-0.39, 0.29) is 22.4 Å². The minimum absolute atomic E-state index is 0.0215. The van der Waals surface area contributed by atoms with Crippen molar-refractivity contribution in [2.45, 2.75) is 38.3 Å². The molecule has 0 saturated carbocycles. The van der Waals surface area contributed by atoms with Gasteiger partial charge in [-0.2, -0.15) is 0 Å². The van der Waals surface area contributed by atoms with Gasteiger partial charge in [0, 0.05) is 11.1 Å². The minimum Gasteiger partial charge on any atom is -0.406 e. The number of amides is 2. The van der Waals surface area contributed by atoms with Gasteiger partial charge in [0.25, 0.3) is 0 Å². The highest BCUT2D eigenvalue weighted by molar-refractivity contribution is 9.10. The maximum Gasteiger partial charge on any atom is 0.573 e. The number of benzene rings is 1. The molecule has 0 radical (unpaired) electrons. The van der Waals surface area contributed by atoms with Gasteiger partial charge in [0.1, 0.15) is 5.75 Å². The third kappa shape index (κ3) is 5.58. The molecule has 2 atom stereocenters. The number of urea groups is 1. The highest BCUT2D eigenvalue weighted by Crippen LogP contribution is 2.30. The van der Waals surface area contributed by atoms with Crippen LogP contribution in [0.3, 0.4) is 0 Å². The van der Waals surface area contributed by atoms with E-state index in [1.54, 1.807) is 0 Å². The van der Waals surface area contributed by atoms with Gasteiger partial charge >= 0.3 is 12.4 Å². The van der Waals surface area contributed by atoms with Gasteiger partial charge in [-0.15, -0.1) is 13.2 Å². The zero-order chi connectivity index (χ0) is 17.0. The van der Waals surface area contributed by atoms with Crippen LogP contribution in [-0.2, 0) is 4.74 Å². The van der Waals surface area contributed by atoms with Crippen LogP contribution in [0, 0.1) is 0 Å². The van der Waals surface area contributed by atoms with Crippen LogP contribution in [0.4, 0.5) is 23.7 Å². The van der Waals surface area contributed by atoms with Gasteiger partial charge in [0.05, 0.1) is 17.8 Å². The Bertz CT molecular complexity index is 563. The lowest BCUT2D eigenvalue weighted by molar-refractivity contribution is -0.274. The molecule has 0 bridgehead atoms. The molecule has 2 amide bonds. The summed E-state index contributed by atoms with van der Waals surface area (Å²) in [6, 6.07) is 2.95. The Morgan fingerprint density at radius 3 is 2.78 bits per heavy atom. The first-order valence-electron chi connectivity index (χ1n) is 6.99. The van der Waals surface area contributed by atoms with Gasteiger partial charge in [0.15, 0.2) is 0 Å². The monoisotopic (exact) mass is 396 g/mol. The van der Waals surface area contributed by atoms with Crippen molar-refractivity contribution in [3.8, 4) is 5.75 Å². The van der Waals surface area contributed by atoms with Gasteiger partial charge in [-0.3, -0.25) is 0 Å². The number of alkyl halides is 3. The molecule has 23 heavy (non-hydrogen) atoms. The van der Waals surface area contributed by atoms with Crippen LogP contribution in [0.15, 0.2) is 22.7 Å². The molecule has 0 unspecified atom stereocenters. The van der Waals surface area contributed by atoms with Crippen LogP contribution in [0.1, 0.15) is 19.8 Å². The maximum absolute atomic E-state index is 12.1. The second-order valence-electron chi connectivity index (χ2n) is 5.13. The smallest absolute Gasteiger partial charge is 0.406 e. The van der Waals surface area contributed by atoms with Gasteiger partial charge in [0.2, 0.25) is 0 Å². The Morgan fingerprint density at radius 2 is 2.22 bits per heavy atom. The predicted octanol–water partition coefficient (Wildman–Crippen LogP) is 4.04. The Balaban J connectivity index is 1.92. The summed E-state index contributed by atoms with van der Waals surface area (Å²) < 4.78 is 46.0. The number of rotatable bonds is 4. The van der Waals surface area contributed by atoms with Gasteiger partial charge in [-0.05, 0) is 53.9 Å². The van der Waals surface area contributed by atoms with Crippen molar-refractivity contribution in [2.75, 3.05) is 11.9 Å². The Kier molecular flexibility index (Phi) is 5.74. The number of nitrogens with one attached hydrogen (secondary N) is 2. The van der Waals surface area contributed by atoms with E-state index in [1.165, 1.54) is 6.07 Å². The van der Waals surface area contributed by atoms with E-state index in [2.05, 4.69) is 31.3 Å². The molecule has 1 fully saturated rings. The Hall–Kier alpha value is -1.48. The molecule has 1 heterocycles. The molecule has 1 aromatic rings. The van der Waals surface area contributed by atoms with Crippen molar-refractivity contribution < 1.29 is 27.4 Å². The third-order valence-corrected chi connectivity index (χ3v) is 3.96. The Morgan fingerprint density at radius 1 is 1.48 bits per heavy atom. The summed E-state index contributed by atoms with van der Waals surface area (Å²) in [6.07, 6.45) is -2.94. The van der Waals surface area contributed by atoms with E-state index in [0.717, 1.165) is 25.0 Å². The summed E-state index contributed by atoms with van der Waals surface area (Å²) in [5.74, 6) is -0.372. The number of hydrogen-bond donors (Lipinski definition) is 2. The molecular formula is C14H16BrF3N2O3. The van der Waals surface area contributed by atoms with Crippen molar-refractivity contribution in [3.63, 3.8) is 0 Å². The fraction of sp³-hybridized carbons (Fsp3) is 0.500. The van der Waals surface area contributed by atoms with Crippen molar-refractivity contribution in [3.05, 3.63) is 22.7 Å². The lowest BCUT2D eigenvalue weighted by Crippen LogP contribution is -2.43. The van der Waals surface area contributed by atoms with Crippen LogP contribution in [0.2, 0.25) is 0 Å². The first kappa shape index (κ1) is 17.9. The standard InChI is InChI=1S/C14H16BrF3N2O3/c1-8(12-3-2-6-22-12)19-13(21)20-11-5-4-9(7-10(11)15)23-14(16,17)18/h4-5,7-8,12H,2-3,6H2,1H3,(H2,19,20,21)/t8-,12-/m1/s1. The van der Waals surface area contributed by atoms with E-state index < -0.39 is 12.4 Å². The summed E-state index contributed by atoms with van der Waals surface area (Å²) in [7, 11) is 0. The first-order chi connectivity index (χ1) is 10.7. The topological polar surface area (TPSA) is 59.6 Å². The van der Waals surface area contributed by atoms with Crippen LogP contribution in [0.5, 0.6) is 5.75 Å². The Labute approximate surface area is 139 Å². The largest absolute Gasteiger partial charge is 0.573 e. The summed E-state index contributed by atoms with van der Waals surface area (Å²) in [5, 5.41) is 5.31. The number of hydrogen-bond acceptors (Lipinski definition) is 3. The molecule has 0 aliphatic carbocycles. The van der Waals surface area contributed by atoms with Crippen LogP contribution < -0.4 is 15.4 Å². The normalized spacial score (nSPS) is 19.3. The second kappa shape index (κ2) is 7.39. The van der Waals surface area contributed by atoms with Crippen LogP contribution in [0.25, 0.3) is 0 Å². The molecule has 9 heteroatoms. The number of anilines is 1. The minimum atomic E-state index is -4.76. The zero-order valence-electron chi connectivity index (χ0n) is 12.2. The highest BCUT2D eigenvalue weighted by atomic mass is 79.9. The van der Waals surface area contributed by atoms with Crippen LogP contribution in [-0.4, -0.2) is 31.1 Å². The van der Waals surface area contributed by atoms with Crippen molar-refractivity contribution in [2.24, 2.45) is 0 Å². The second-order valence-corrected chi connectivity index (χ2v) is 5.98. The molecule has 2 rings (SSSR count). The molecular weight excluding hydrogens is 381 g/mol. The molecule has 128 valence electrons. The van der Waals surface area contributed by atoms with E-state index >= 15 is 0 Å². The quantitative estimate of drug-likeness (QED) is 0.807. The fourth-order valence-corrected chi connectivity index (χ4v) is 2.71. The first-order valence-corrected chi connectivity index (χ1v) is 7.78. The molecule has 1 saturated heterocycles. The van der Waals surface area contributed by atoms with Gasteiger partial charge in [-0.1, -0.05) is 0 Å². The lowest BCUT2D eigenvalue weighted by Gasteiger charge is -2.20. The van der Waals surface area contributed by atoms with Gasteiger partial charge in [-0.25, -0.2) is 4.79 Å². The van der Waals surface area contributed by atoms with Gasteiger partial charge < -0.3 is 20.1 Å². The molecule has 5 nitrogen and oxygen atoms in total. The number of ether oxygens (including phenoxy) is 2. The third-order valence-electron chi connectivity index (χ3n) is 3.30. The lowest BCUT2D eigenvalue weighted by atomic mass is 10.1. The molecule has 1 aliphatic rings. The molecule has 0 aromatic heterocycles. The molecule has 0 spiro atoms. The summed E-state index contributed by atoms with van der Waals surface area (Å²) in [5.41, 5.74) is 0.330. The SMILES string of the molecule is C[C@@H](NC(=O)Nc1ccc(OC(F)(F)F)cc1Br)[C@H]1CCCO1. The number of halogens is 4. The molecule has 1 aliphatic heterocycles. The summed E-state index contributed by atoms with van der Waals surface area (Å²) in [6.45, 7) is 2.52. The number of carbonyl (C=O) groups excluding carboxylic acids is 1. The fourth-order valence-electron chi connectivity index (χ4n) is 2.25. The molecule has 1 aromatic carbocycles. The average Bonchev–Trinajstić information content (AvgIpc) is 2.94. The van der Waals surface area contributed by atoms with Crippen molar-refractivity contribution >= 4 is 27.6 Å². The van der Waals surface area contributed by atoms with Crippen molar-refractivity contribution in [1.29, 1.82) is 0 Å².